The molecule has 0 saturated carbocycles. The van der Waals surface area contributed by atoms with Crippen molar-refractivity contribution >= 4 is 11.8 Å². The van der Waals surface area contributed by atoms with Crippen LogP contribution in [0.1, 0.15) is 18.4 Å². The maximum atomic E-state index is 11.1. The minimum absolute atomic E-state index is 0.435. The SMILES string of the molecule is NC(=O)C(=O)NCC1CCN(Cc2ccccc2)CC1. The molecular weight excluding hydrogens is 254 g/mol. The van der Waals surface area contributed by atoms with E-state index in [-0.39, 0.29) is 0 Å². The molecule has 5 heteroatoms. The van der Waals surface area contributed by atoms with E-state index < -0.39 is 11.8 Å². The summed E-state index contributed by atoms with van der Waals surface area (Å²) in [6.07, 6.45) is 2.07. The molecular formula is C15H21N3O2. The molecule has 0 bridgehead atoms. The minimum Gasteiger partial charge on any atom is -0.361 e. The zero-order valence-electron chi connectivity index (χ0n) is 11.5. The van der Waals surface area contributed by atoms with Crippen molar-refractivity contribution in [3.05, 3.63) is 35.9 Å². The van der Waals surface area contributed by atoms with Crippen LogP contribution in [0.4, 0.5) is 0 Å². The molecule has 2 rings (SSSR count). The molecule has 0 spiro atoms. The van der Waals surface area contributed by atoms with Crippen LogP contribution in [0.15, 0.2) is 30.3 Å². The van der Waals surface area contributed by atoms with Crippen LogP contribution in [0, 0.1) is 5.92 Å². The second-order valence-corrected chi connectivity index (χ2v) is 5.28. The molecule has 5 nitrogen and oxygen atoms in total. The third kappa shape index (κ3) is 4.35. The number of likely N-dealkylation sites (tertiary alicyclic amines) is 1. The van der Waals surface area contributed by atoms with Crippen LogP contribution in [0.2, 0.25) is 0 Å². The van der Waals surface area contributed by atoms with Gasteiger partial charge in [-0.1, -0.05) is 30.3 Å². The normalized spacial score (nSPS) is 16.8. The first-order valence-corrected chi connectivity index (χ1v) is 6.99. The van der Waals surface area contributed by atoms with E-state index in [2.05, 4.69) is 34.5 Å². The number of amides is 2. The molecule has 3 N–H and O–H groups in total. The number of piperidine rings is 1. The van der Waals surface area contributed by atoms with Gasteiger partial charge in [-0.25, -0.2) is 0 Å². The summed E-state index contributed by atoms with van der Waals surface area (Å²) in [5.74, 6) is -1.16. The molecule has 1 aromatic rings. The van der Waals surface area contributed by atoms with Gasteiger partial charge < -0.3 is 11.1 Å². The molecule has 0 aromatic heterocycles. The first kappa shape index (κ1) is 14.5. The second-order valence-electron chi connectivity index (χ2n) is 5.28. The summed E-state index contributed by atoms with van der Waals surface area (Å²) in [7, 11) is 0. The lowest BCUT2D eigenvalue weighted by atomic mass is 9.96. The Hall–Kier alpha value is -1.88. The molecule has 0 unspecified atom stereocenters. The lowest BCUT2D eigenvalue weighted by Crippen LogP contribution is -2.41. The molecule has 2 amide bonds. The van der Waals surface area contributed by atoms with Gasteiger partial charge in [0.15, 0.2) is 0 Å². The Morgan fingerprint density at radius 2 is 1.85 bits per heavy atom. The molecule has 1 fully saturated rings. The Morgan fingerprint density at radius 3 is 2.45 bits per heavy atom. The van der Waals surface area contributed by atoms with E-state index in [1.54, 1.807) is 0 Å². The van der Waals surface area contributed by atoms with Crippen molar-refractivity contribution in [1.29, 1.82) is 0 Å². The molecule has 1 saturated heterocycles. The maximum Gasteiger partial charge on any atom is 0.309 e. The third-order valence-corrected chi connectivity index (χ3v) is 3.73. The van der Waals surface area contributed by atoms with Gasteiger partial charge in [0.1, 0.15) is 0 Å². The zero-order chi connectivity index (χ0) is 14.4. The highest BCUT2D eigenvalue weighted by molar-refractivity contribution is 6.34. The van der Waals surface area contributed by atoms with Gasteiger partial charge in [0.25, 0.3) is 0 Å². The van der Waals surface area contributed by atoms with E-state index in [1.807, 2.05) is 6.07 Å². The minimum atomic E-state index is -0.911. The fraction of sp³-hybridized carbons (Fsp3) is 0.467. The summed E-state index contributed by atoms with van der Waals surface area (Å²) in [4.78, 5) is 24.1. The van der Waals surface area contributed by atoms with E-state index in [0.29, 0.717) is 12.5 Å². The number of carbonyl (C=O) groups is 2. The lowest BCUT2D eigenvalue weighted by Gasteiger charge is -2.31. The number of carbonyl (C=O) groups excluding carboxylic acids is 2. The molecule has 0 aliphatic carbocycles. The van der Waals surface area contributed by atoms with Crippen molar-refractivity contribution in [2.45, 2.75) is 19.4 Å². The molecule has 20 heavy (non-hydrogen) atoms. The van der Waals surface area contributed by atoms with Crippen molar-refractivity contribution in [3.63, 3.8) is 0 Å². The zero-order valence-corrected chi connectivity index (χ0v) is 11.5. The van der Waals surface area contributed by atoms with Crippen LogP contribution >= 0.6 is 0 Å². The fourth-order valence-electron chi connectivity index (χ4n) is 2.51. The highest BCUT2D eigenvalue weighted by Gasteiger charge is 2.20. The number of hydrogen-bond acceptors (Lipinski definition) is 3. The number of nitrogens with one attached hydrogen (secondary N) is 1. The molecule has 1 aliphatic heterocycles. The van der Waals surface area contributed by atoms with Gasteiger partial charge in [0.05, 0.1) is 0 Å². The molecule has 0 radical (unpaired) electrons. The molecule has 1 aliphatic rings. The summed E-state index contributed by atoms with van der Waals surface area (Å²) in [6, 6.07) is 10.4. The van der Waals surface area contributed by atoms with Crippen LogP contribution in [-0.2, 0) is 16.1 Å². The van der Waals surface area contributed by atoms with Crippen LogP contribution < -0.4 is 11.1 Å². The monoisotopic (exact) mass is 275 g/mol. The Bertz CT molecular complexity index is 453. The molecule has 1 heterocycles. The first-order valence-electron chi connectivity index (χ1n) is 6.99. The summed E-state index contributed by atoms with van der Waals surface area (Å²) in [6.45, 7) is 3.56. The van der Waals surface area contributed by atoms with Gasteiger partial charge in [-0.2, -0.15) is 0 Å². The van der Waals surface area contributed by atoms with E-state index in [4.69, 9.17) is 5.73 Å². The van der Waals surface area contributed by atoms with Crippen LogP contribution in [0.3, 0.4) is 0 Å². The van der Waals surface area contributed by atoms with E-state index in [1.165, 1.54) is 5.56 Å². The summed E-state index contributed by atoms with van der Waals surface area (Å²) in [5.41, 5.74) is 6.23. The highest BCUT2D eigenvalue weighted by Crippen LogP contribution is 2.18. The number of nitrogens with zero attached hydrogens (tertiary/aromatic N) is 1. The number of rotatable bonds is 4. The van der Waals surface area contributed by atoms with Gasteiger partial charge >= 0.3 is 11.8 Å². The Balaban J connectivity index is 1.70. The summed E-state index contributed by atoms with van der Waals surface area (Å²) in [5, 5.41) is 2.58. The maximum absolute atomic E-state index is 11.1. The van der Waals surface area contributed by atoms with Gasteiger partial charge in [-0.05, 0) is 37.4 Å². The standard InChI is InChI=1S/C15H21N3O2/c16-14(19)15(20)17-10-12-6-8-18(9-7-12)11-13-4-2-1-3-5-13/h1-5,12H,6-11H2,(H2,16,19)(H,17,20). The predicted molar refractivity (Wildman–Crippen MR) is 76.6 cm³/mol. The van der Waals surface area contributed by atoms with Crippen LogP contribution in [-0.4, -0.2) is 36.3 Å². The van der Waals surface area contributed by atoms with Crippen molar-refractivity contribution < 1.29 is 9.59 Å². The topological polar surface area (TPSA) is 75.4 Å². The van der Waals surface area contributed by atoms with Crippen molar-refractivity contribution in [2.24, 2.45) is 11.7 Å². The number of hydrogen-bond donors (Lipinski definition) is 2. The fourth-order valence-corrected chi connectivity index (χ4v) is 2.51. The lowest BCUT2D eigenvalue weighted by molar-refractivity contribution is -0.137. The molecule has 0 atom stereocenters. The Labute approximate surface area is 119 Å². The van der Waals surface area contributed by atoms with Crippen molar-refractivity contribution in [2.75, 3.05) is 19.6 Å². The second kappa shape index (κ2) is 7.05. The van der Waals surface area contributed by atoms with Gasteiger partial charge in [-0.3, -0.25) is 14.5 Å². The average Bonchev–Trinajstić information content (AvgIpc) is 2.47. The van der Waals surface area contributed by atoms with Gasteiger partial charge in [-0.15, -0.1) is 0 Å². The van der Waals surface area contributed by atoms with E-state index >= 15 is 0 Å². The quantitative estimate of drug-likeness (QED) is 0.786. The third-order valence-electron chi connectivity index (χ3n) is 3.73. The van der Waals surface area contributed by atoms with E-state index in [0.717, 1.165) is 32.5 Å². The summed E-state index contributed by atoms with van der Waals surface area (Å²) >= 11 is 0. The van der Waals surface area contributed by atoms with Gasteiger partial charge in [0, 0.05) is 13.1 Å². The largest absolute Gasteiger partial charge is 0.361 e. The first-order chi connectivity index (χ1) is 9.65. The van der Waals surface area contributed by atoms with Crippen LogP contribution in [0.5, 0.6) is 0 Å². The molecule has 1 aromatic carbocycles. The smallest absolute Gasteiger partial charge is 0.309 e. The van der Waals surface area contributed by atoms with Crippen molar-refractivity contribution in [3.8, 4) is 0 Å². The number of nitrogens with two attached hydrogens (primary N) is 1. The van der Waals surface area contributed by atoms with Gasteiger partial charge in [0.2, 0.25) is 0 Å². The Kier molecular flexibility index (Phi) is 5.12. The number of benzene rings is 1. The molecule has 108 valence electrons. The number of primary amides is 1. The average molecular weight is 275 g/mol. The summed E-state index contributed by atoms with van der Waals surface area (Å²) < 4.78 is 0. The predicted octanol–water partition coefficient (Wildman–Crippen LogP) is 0.500. The Morgan fingerprint density at radius 1 is 1.20 bits per heavy atom. The van der Waals surface area contributed by atoms with E-state index in [9.17, 15) is 9.59 Å². The van der Waals surface area contributed by atoms with Crippen LogP contribution in [0.25, 0.3) is 0 Å². The highest BCUT2D eigenvalue weighted by atomic mass is 16.2. The van der Waals surface area contributed by atoms with Crippen molar-refractivity contribution in [1.82, 2.24) is 10.2 Å².